The third-order valence-corrected chi connectivity index (χ3v) is 5.89. The summed E-state index contributed by atoms with van der Waals surface area (Å²) in [6.07, 6.45) is 1.72. The van der Waals surface area contributed by atoms with E-state index >= 15 is 0 Å². The van der Waals surface area contributed by atoms with Crippen LogP contribution in [-0.2, 0) is 16.0 Å². The number of nitrogens with one attached hydrogen (secondary N) is 3. The number of hydrazone groups is 1. The Morgan fingerprint density at radius 2 is 1.78 bits per heavy atom. The molecule has 1 heterocycles. The van der Waals surface area contributed by atoms with Gasteiger partial charge in [-0.3, -0.25) is 14.6 Å². The molecule has 3 rings (SSSR count). The van der Waals surface area contributed by atoms with E-state index in [1.54, 1.807) is 17.1 Å². The zero-order valence-electron chi connectivity index (χ0n) is 21.1. The van der Waals surface area contributed by atoms with Gasteiger partial charge in [0.05, 0.1) is 24.6 Å². The quantitative estimate of drug-likeness (QED) is 0.373. The highest BCUT2D eigenvalue weighted by Gasteiger charge is 2.25. The summed E-state index contributed by atoms with van der Waals surface area (Å²) >= 11 is 0. The molecule has 0 spiro atoms. The van der Waals surface area contributed by atoms with Crippen LogP contribution < -0.4 is 16.0 Å². The van der Waals surface area contributed by atoms with Crippen molar-refractivity contribution < 1.29 is 19.5 Å². The number of aryl methyl sites for hydroxylation is 1. The fourth-order valence-corrected chi connectivity index (χ4v) is 4.04. The average Bonchev–Trinajstić information content (AvgIpc) is 3.29. The first-order valence-corrected chi connectivity index (χ1v) is 12.3. The number of carboxylic acids is 1. The number of para-hydroxylation sites is 1. The van der Waals surface area contributed by atoms with Crippen LogP contribution in [0.3, 0.4) is 0 Å². The molecule has 2 aromatic carbocycles. The molecular formula is C27H35N5O4. The highest BCUT2D eigenvalue weighted by atomic mass is 16.4. The third kappa shape index (κ3) is 8.41. The topological polar surface area (TPSA) is 123 Å². The summed E-state index contributed by atoms with van der Waals surface area (Å²) in [6, 6.07) is 14.2. The van der Waals surface area contributed by atoms with E-state index < -0.39 is 5.97 Å². The van der Waals surface area contributed by atoms with Gasteiger partial charge >= 0.3 is 12.0 Å². The summed E-state index contributed by atoms with van der Waals surface area (Å²) < 4.78 is 0. The molecule has 9 nitrogen and oxygen atoms in total. The summed E-state index contributed by atoms with van der Waals surface area (Å²) in [5, 5.41) is 24.0. The molecule has 9 heteroatoms. The second-order valence-corrected chi connectivity index (χ2v) is 9.46. The number of benzene rings is 2. The number of amides is 3. The SMILES string of the molecule is Cc1ccccc1NC(=O)Nc1ccc(CC(=O)NC(CC(C)C)C2=NN(CCC(=O)O)CC2)cc1. The number of anilines is 2. The molecule has 0 radical (unpaired) electrons. The lowest BCUT2D eigenvalue weighted by molar-refractivity contribution is -0.137. The fourth-order valence-electron chi connectivity index (χ4n) is 4.04. The molecule has 0 bridgehead atoms. The second kappa shape index (κ2) is 12.7. The first-order chi connectivity index (χ1) is 17.2. The van der Waals surface area contributed by atoms with Crippen LogP contribution in [0.5, 0.6) is 0 Å². The largest absolute Gasteiger partial charge is 0.481 e. The number of carbonyl (C=O) groups is 3. The van der Waals surface area contributed by atoms with Crippen molar-refractivity contribution >= 4 is 35.0 Å². The van der Waals surface area contributed by atoms with E-state index in [1.807, 2.05) is 43.3 Å². The van der Waals surface area contributed by atoms with Crippen molar-refractivity contribution in [2.75, 3.05) is 23.7 Å². The molecular weight excluding hydrogens is 458 g/mol. The molecule has 3 amide bonds. The number of carbonyl (C=O) groups excluding carboxylic acids is 2. The first-order valence-electron chi connectivity index (χ1n) is 12.3. The van der Waals surface area contributed by atoms with Crippen LogP contribution >= 0.6 is 0 Å². The minimum absolute atomic E-state index is 0.0381. The Morgan fingerprint density at radius 1 is 1.06 bits per heavy atom. The Bertz CT molecular complexity index is 1100. The number of nitrogens with zero attached hydrogens (tertiary/aromatic N) is 2. The monoisotopic (exact) mass is 493 g/mol. The molecule has 1 aliphatic heterocycles. The molecule has 1 unspecified atom stereocenters. The molecule has 0 saturated heterocycles. The summed E-state index contributed by atoms with van der Waals surface area (Å²) in [5.41, 5.74) is 4.07. The van der Waals surface area contributed by atoms with Crippen molar-refractivity contribution in [3.05, 3.63) is 59.7 Å². The van der Waals surface area contributed by atoms with Crippen LogP contribution in [0.2, 0.25) is 0 Å². The lowest BCUT2D eigenvalue weighted by Crippen LogP contribution is -2.42. The Hall–Kier alpha value is -3.88. The zero-order valence-corrected chi connectivity index (χ0v) is 21.1. The van der Waals surface area contributed by atoms with E-state index in [0.29, 0.717) is 31.1 Å². The van der Waals surface area contributed by atoms with E-state index in [9.17, 15) is 14.4 Å². The number of urea groups is 1. The Labute approximate surface area is 212 Å². The Morgan fingerprint density at radius 3 is 2.44 bits per heavy atom. The highest BCUT2D eigenvalue weighted by Crippen LogP contribution is 2.17. The zero-order chi connectivity index (χ0) is 26.1. The highest BCUT2D eigenvalue weighted by molar-refractivity contribution is 6.00. The smallest absolute Gasteiger partial charge is 0.323 e. The number of hydrogen-bond acceptors (Lipinski definition) is 5. The molecule has 0 fully saturated rings. The molecule has 36 heavy (non-hydrogen) atoms. The van der Waals surface area contributed by atoms with Gasteiger partial charge in [-0.1, -0.05) is 44.2 Å². The number of aliphatic carboxylic acids is 1. The molecule has 192 valence electrons. The minimum atomic E-state index is -0.848. The van der Waals surface area contributed by atoms with Gasteiger partial charge in [0.15, 0.2) is 0 Å². The van der Waals surface area contributed by atoms with Gasteiger partial charge in [-0.05, 0) is 48.6 Å². The van der Waals surface area contributed by atoms with Gasteiger partial charge in [0.2, 0.25) is 5.91 Å². The summed E-state index contributed by atoms with van der Waals surface area (Å²) in [7, 11) is 0. The van der Waals surface area contributed by atoms with Gasteiger partial charge in [-0.2, -0.15) is 5.10 Å². The molecule has 2 aromatic rings. The molecule has 0 aromatic heterocycles. The normalized spacial score (nSPS) is 13.8. The fraction of sp³-hybridized carbons (Fsp3) is 0.407. The van der Waals surface area contributed by atoms with E-state index in [-0.39, 0.29) is 30.8 Å². The van der Waals surface area contributed by atoms with E-state index in [2.05, 4.69) is 34.9 Å². The number of carboxylic acid groups (broad SMARTS) is 1. The third-order valence-electron chi connectivity index (χ3n) is 5.89. The molecule has 4 N–H and O–H groups in total. The Balaban J connectivity index is 1.54. The van der Waals surface area contributed by atoms with Crippen LogP contribution in [0.15, 0.2) is 53.6 Å². The van der Waals surface area contributed by atoms with Gasteiger partial charge in [-0.25, -0.2) is 4.79 Å². The molecule has 0 aliphatic carbocycles. The predicted octanol–water partition coefficient (Wildman–Crippen LogP) is 4.25. The average molecular weight is 494 g/mol. The first kappa shape index (κ1) is 26.7. The van der Waals surface area contributed by atoms with Gasteiger partial charge in [0.25, 0.3) is 0 Å². The maximum atomic E-state index is 12.8. The van der Waals surface area contributed by atoms with E-state index in [0.717, 1.165) is 28.9 Å². The Kier molecular flexibility index (Phi) is 9.44. The van der Waals surface area contributed by atoms with Crippen molar-refractivity contribution in [3.63, 3.8) is 0 Å². The van der Waals surface area contributed by atoms with Gasteiger partial charge < -0.3 is 21.1 Å². The summed E-state index contributed by atoms with van der Waals surface area (Å²) in [4.78, 5) is 36.0. The minimum Gasteiger partial charge on any atom is -0.481 e. The predicted molar refractivity (Wildman–Crippen MR) is 141 cm³/mol. The maximum Gasteiger partial charge on any atom is 0.323 e. The van der Waals surface area contributed by atoms with Crippen molar-refractivity contribution in [3.8, 4) is 0 Å². The summed E-state index contributed by atoms with van der Waals surface area (Å²) in [5.74, 6) is -0.591. The van der Waals surface area contributed by atoms with Crippen molar-refractivity contribution in [1.82, 2.24) is 10.3 Å². The standard InChI is InChI=1S/C27H35N5O4/c1-18(2)16-24(23-12-14-32(31-23)15-13-26(34)35)29-25(33)17-20-8-10-21(11-9-20)28-27(36)30-22-7-5-4-6-19(22)3/h4-11,18,24H,12-17H2,1-3H3,(H,29,33)(H,34,35)(H2,28,30,36). The van der Waals surface area contributed by atoms with Crippen LogP contribution in [0, 0.1) is 12.8 Å². The van der Waals surface area contributed by atoms with E-state index in [4.69, 9.17) is 5.11 Å². The van der Waals surface area contributed by atoms with Crippen LogP contribution in [0.4, 0.5) is 16.2 Å². The van der Waals surface area contributed by atoms with Crippen LogP contribution in [0.1, 0.15) is 44.2 Å². The molecule has 1 aliphatic rings. The van der Waals surface area contributed by atoms with Gasteiger partial charge in [0.1, 0.15) is 0 Å². The van der Waals surface area contributed by atoms with Crippen LogP contribution in [0.25, 0.3) is 0 Å². The van der Waals surface area contributed by atoms with Crippen molar-refractivity contribution in [2.45, 2.75) is 52.5 Å². The molecule has 1 atom stereocenters. The van der Waals surface area contributed by atoms with Crippen molar-refractivity contribution in [1.29, 1.82) is 0 Å². The van der Waals surface area contributed by atoms with Gasteiger partial charge in [0, 0.05) is 30.9 Å². The van der Waals surface area contributed by atoms with Crippen molar-refractivity contribution in [2.24, 2.45) is 11.0 Å². The lowest BCUT2D eigenvalue weighted by atomic mass is 9.98. The second-order valence-electron chi connectivity index (χ2n) is 9.46. The van der Waals surface area contributed by atoms with Crippen LogP contribution in [-0.4, -0.2) is 52.9 Å². The van der Waals surface area contributed by atoms with Gasteiger partial charge in [-0.15, -0.1) is 0 Å². The lowest BCUT2D eigenvalue weighted by Gasteiger charge is -2.20. The number of rotatable bonds is 11. The maximum absolute atomic E-state index is 12.8. The summed E-state index contributed by atoms with van der Waals surface area (Å²) in [6.45, 7) is 7.15. The van der Waals surface area contributed by atoms with E-state index in [1.165, 1.54) is 0 Å². The number of hydrogen-bond donors (Lipinski definition) is 4. The molecule has 0 saturated carbocycles.